The summed E-state index contributed by atoms with van der Waals surface area (Å²) < 4.78 is 19.4. The number of halogens is 1. The fourth-order valence-electron chi connectivity index (χ4n) is 3.66. The van der Waals surface area contributed by atoms with Crippen LogP contribution in [-0.4, -0.2) is 23.6 Å². The van der Waals surface area contributed by atoms with Crippen LogP contribution in [0.15, 0.2) is 18.2 Å². The second kappa shape index (κ2) is 7.20. The Kier molecular flexibility index (Phi) is 5.02. The van der Waals surface area contributed by atoms with Crippen molar-refractivity contribution in [1.82, 2.24) is 5.32 Å². The number of carbonyl (C=O) groups is 2. The van der Waals surface area contributed by atoms with Gasteiger partial charge in [0.25, 0.3) is 0 Å². The van der Waals surface area contributed by atoms with Crippen LogP contribution in [0.3, 0.4) is 0 Å². The summed E-state index contributed by atoms with van der Waals surface area (Å²) in [6, 6.07) is 4.44. The van der Waals surface area contributed by atoms with Gasteiger partial charge in [0.1, 0.15) is 0 Å². The van der Waals surface area contributed by atoms with Gasteiger partial charge in [-0.3, -0.25) is 9.59 Å². The van der Waals surface area contributed by atoms with E-state index < -0.39 is 17.7 Å². The molecule has 1 saturated carbocycles. The van der Waals surface area contributed by atoms with E-state index in [1.165, 1.54) is 6.07 Å². The summed E-state index contributed by atoms with van der Waals surface area (Å²) in [5.41, 5.74) is 0.659. The standard InChI is InChI=1S/C18H22FNO4/c19-14-7-2-6-13-15(8-3-9-24-16(13)14)20-17(21)11-4-1-5-12(10-11)18(22)23/h2,6-7,11-12,15H,1,3-5,8-10H2,(H,20,21)(H,22,23). The number of carboxylic acid groups (broad SMARTS) is 1. The highest BCUT2D eigenvalue weighted by Gasteiger charge is 2.33. The number of rotatable bonds is 3. The van der Waals surface area contributed by atoms with E-state index in [1.807, 2.05) is 0 Å². The van der Waals surface area contributed by atoms with Crippen LogP contribution in [0.1, 0.15) is 50.1 Å². The number of hydrogen-bond acceptors (Lipinski definition) is 3. The Bertz CT molecular complexity index is 633. The van der Waals surface area contributed by atoms with Crippen LogP contribution in [0.25, 0.3) is 0 Å². The van der Waals surface area contributed by atoms with Gasteiger partial charge in [-0.15, -0.1) is 0 Å². The van der Waals surface area contributed by atoms with Crippen LogP contribution >= 0.6 is 0 Å². The Labute approximate surface area is 140 Å². The van der Waals surface area contributed by atoms with Crippen molar-refractivity contribution in [3.8, 4) is 5.75 Å². The van der Waals surface area contributed by atoms with E-state index in [4.69, 9.17) is 9.84 Å². The maximum absolute atomic E-state index is 14.0. The van der Waals surface area contributed by atoms with E-state index in [9.17, 15) is 14.0 Å². The molecule has 1 aromatic rings. The minimum absolute atomic E-state index is 0.136. The van der Waals surface area contributed by atoms with Crippen molar-refractivity contribution >= 4 is 11.9 Å². The molecule has 0 radical (unpaired) electrons. The number of aliphatic carboxylic acids is 1. The van der Waals surface area contributed by atoms with Crippen molar-refractivity contribution < 1.29 is 23.8 Å². The molecule has 3 atom stereocenters. The van der Waals surface area contributed by atoms with Gasteiger partial charge in [0, 0.05) is 11.5 Å². The molecule has 130 valence electrons. The third-order valence-electron chi connectivity index (χ3n) is 4.97. The van der Waals surface area contributed by atoms with Crippen LogP contribution in [-0.2, 0) is 9.59 Å². The number of carboxylic acids is 1. The Hall–Kier alpha value is -2.11. The number of ether oxygens (including phenoxy) is 1. The molecule has 0 saturated heterocycles. The van der Waals surface area contributed by atoms with E-state index in [0.29, 0.717) is 37.9 Å². The molecule has 1 heterocycles. The van der Waals surface area contributed by atoms with Gasteiger partial charge in [0.05, 0.1) is 18.6 Å². The lowest BCUT2D eigenvalue weighted by molar-refractivity contribution is -0.144. The van der Waals surface area contributed by atoms with Crippen LogP contribution in [0.5, 0.6) is 5.75 Å². The normalized spacial score (nSPS) is 26.6. The molecule has 0 spiro atoms. The lowest BCUT2D eigenvalue weighted by Gasteiger charge is -2.28. The number of benzene rings is 1. The number of carbonyl (C=O) groups excluding carboxylic acids is 1. The predicted octanol–water partition coefficient (Wildman–Crippen LogP) is 3.05. The molecule has 5 nitrogen and oxygen atoms in total. The number of fused-ring (bicyclic) bond motifs is 1. The van der Waals surface area contributed by atoms with Crippen molar-refractivity contribution in [3.63, 3.8) is 0 Å². The number of amides is 1. The summed E-state index contributed by atoms with van der Waals surface area (Å²) in [6.45, 7) is 0.421. The van der Waals surface area contributed by atoms with Crippen molar-refractivity contribution in [2.24, 2.45) is 11.8 Å². The van der Waals surface area contributed by atoms with Crippen LogP contribution in [0.2, 0.25) is 0 Å². The maximum Gasteiger partial charge on any atom is 0.306 e. The van der Waals surface area contributed by atoms with E-state index in [1.54, 1.807) is 12.1 Å². The van der Waals surface area contributed by atoms with Gasteiger partial charge in [0.15, 0.2) is 11.6 Å². The first-order chi connectivity index (χ1) is 11.6. The van der Waals surface area contributed by atoms with E-state index in [2.05, 4.69) is 5.32 Å². The molecule has 6 heteroatoms. The summed E-state index contributed by atoms with van der Waals surface area (Å²) in [4.78, 5) is 23.8. The van der Waals surface area contributed by atoms with Gasteiger partial charge >= 0.3 is 5.97 Å². The zero-order chi connectivity index (χ0) is 17.1. The zero-order valence-corrected chi connectivity index (χ0v) is 13.5. The second-order valence-electron chi connectivity index (χ2n) is 6.61. The molecular formula is C18H22FNO4. The molecule has 0 aromatic heterocycles. The average molecular weight is 335 g/mol. The largest absolute Gasteiger partial charge is 0.490 e. The highest BCUT2D eigenvalue weighted by Crippen LogP contribution is 2.35. The molecule has 2 aliphatic rings. The molecule has 3 unspecified atom stereocenters. The maximum atomic E-state index is 14.0. The van der Waals surface area contributed by atoms with Gasteiger partial charge in [0.2, 0.25) is 5.91 Å². The quantitative estimate of drug-likeness (QED) is 0.890. The first kappa shape index (κ1) is 16.7. The summed E-state index contributed by atoms with van der Waals surface area (Å²) in [7, 11) is 0. The second-order valence-corrected chi connectivity index (χ2v) is 6.61. The molecule has 1 fully saturated rings. The number of para-hydroxylation sites is 1. The SMILES string of the molecule is O=C(O)C1CCCC(C(=O)NC2CCCOc3c(F)cccc32)C1. The van der Waals surface area contributed by atoms with Gasteiger partial charge in [-0.25, -0.2) is 4.39 Å². The summed E-state index contributed by atoms with van der Waals surface area (Å²) in [5.74, 6) is -1.91. The van der Waals surface area contributed by atoms with E-state index in [-0.39, 0.29) is 23.6 Å². The zero-order valence-electron chi connectivity index (χ0n) is 13.5. The first-order valence-electron chi connectivity index (χ1n) is 8.50. The minimum Gasteiger partial charge on any atom is -0.490 e. The minimum atomic E-state index is -0.831. The Morgan fingerprint density at radius 3 is 2.75 bits per heavy atom. The molecule has 24 heavy (non-hydrogen) atoms. The summed E-state index contributed by atoms with van der Waals surface area (Å²) >= 11 is 0. The third kappa shape index (κ3) is 3.52. The van der Waals surface area contributed by atoms with Crippen molar-refractivity contribution in [1.29, 1.82) is 0 Å². The number of hydrogen-bond donors (Lipinski definition) is 2. The number of nitrogens with one attached hydrogen (secondary N) is 1. The van der Waals surface area contributed by atoms with Crippen molar-refractivity contribution in [3.05, 3.63) is 29.6 Å². The van der Waals surface area contributed by atoms with Gasteiger partial charge in [-0.1, -0.05) is 18.6 Å². The molecule has 1 aromatic carbocycles. The molecule has 0 bridgehead atoms. The topological polar surface area (TPSA) is 75.6 Å². The molecule has 1 aliphatic heterocycles. The molecule has 2 N–H and O–H groups in total. The lowest BCUT2D eigenvalue weighted by atomic mass is 9.81. The van der Waals surface area contributed by atoms with E-state index in [0.717, 1.165) is 12.8 Å². The smallest absolute Gasteiger partial charge is 0.306 e. The summed E-state index contributed by atoms with van der Waals surface area (Å²) in [5, 5.41) is 12.2. The monoisotopic (exact) mass is 335 g/mol. The lowest BCUT2D eigenvalue weighted by Crippen LogP contribution is -2.37. The highest BCUT2D eigenvalue weighted by atomic mass is 19.1. The molecule has 3 rings (SSSR count). The van der Waals surface area contributed by atoms with Crippen molar-refractivity contribution in [2.45, 2.75) is 44.6 Å². The van der Waals surface area contributed by atoms with Crippen LogP contribution in [0, 0.1) is 17.7 Å². The third-order valence-corrected chi connectivity index (χ3v) is 4.97. The first-order valence-corrected chi connectivity index (χ1v) is 8.50. The van der Waals surface area contributed by atoms with Crippen molar-refractivity contribution in [2.75, 3.05) is 6.61 Å². The van der Waals surface area contributed by atoms with Gasteiger partial charge in [-0.05, 0) is 38.2 Å². The van der Waals surface area contributed by atoms with Gasteiger partial charge in [-0.2, -0.15) is 0 Å². The Balaban J connectivity index is 1.72. The van der Waals surface area contributed by atoms with E-state index >= 15 is 0 Å². The molecule has 1 aliphatic carbocycles. The molecular weight excluding hydrogens is 313 g/mol. The Morgan fingerprint density at radius 1 is 1.17 bits per heavy atom. The van der Waals surface area contributed by atoms with Crippen LogP contribution < -0.4 is 10.1 Å². The fraction of sp³-hybridized carbons (Fsp3) is 0.556. The van der Waals surface area contributed by atoms with Gasteiger partial charge < -0.3 is 15.2 Å². The fourth-order valence-corrected chi connectivity index (χ4v) is 3.66. The highest BCUT2D eigenvalue weighted by molar-refractivity contribution is 5.80. The predicted molar refractivity (Wildman–Crippen MR) is 85.1 cm³/mol. The molecule has 1 amide bonds. The average Bonchev–Trinajstić information content (AvgIpc) is 2.78. The summed E-state index contributed by atoms with van der Waals surface area (Å²) in [6.07, 6.45) is 3.85. The Morgan fingerprint density at radius 2 is 1.96 bits per heavy atom. The van der Waals surface area contributed by atoms with Crippen LogP contribution in [0.4, 0.5) is 4.39 Å².